The molecular weight excluding hydrogens is 442 g/mol. The SMILES string of the molecule is CC[C@@H](Oc1nc(Oc2cc(C)cc(-c3cccc(CN)c3)c2)c(F)cc1F)C(=O)O.Cl. The van der Waals surface area contributed by atoms with Gasteiger partial charge in [-0.25, -0.2) is 13.6 Å². The van der Waals surface area contributed by atoms with Crippen LogP contribution in [0.1, 0.15) is 24.5 Å². The van der Waals surface area contributed by atoms with Crippen molar-refractivity contribution in [1.82, 2.24) is 4.98 Å². The fraction of sp³-hybridized carbons (Fsp3) is 0.217. The summed E-state index contributed by atoms with van der Waals surface area (Å²) in [6, 6.07) is 13.5. The van der Waals surface area contributed by atoms with Crippen LogP contribution in [0.3, 0.4) is 0 Å². The zero-order valence-corrected chi connectivity index (χ0v) is 18.3. The summed E-state index contributed by atoms with van der Waals surface area (Å²) in [4.78, 5) is 14.9. The van der Waals surface area contributed by atoms with Crippen LogP contribution in [0.25, 0.3) is 11.1 Å². The third-order valence-electron chi connectivity index (χ3n) is 4.53. The van der Waals surface area contributed by atoms with Gasteiger partial charge in [0.25, 0.3) is 11.8 Å². The summed E-state index contributed by atoms with van der Waals surface area (Å²) in [5.41, 5.74) is 9.24. The van der Waals surface area contributed by atoms with Gasteiger partial charge < -0.3 is 20.3 Å². The lowest BCUT2D eigenvalue weighted by Crippen LogP contribution is -2.26. The van der Waals surface area contributed by atoms with Gasteiger partial charge in [-0.1, -0.05) is 31.2 Å². The maximum atomic E-state index is 14.3. The molecule has 0 aliphatic carbocycles. The summed E-state index contributed by atoms with van der Waals surface area (Å²) in [6.45, 7) is 3.81. The summed E-state index contributed by atoms with van der Waals surface area (Å²) in [5, 5.41) is 9.10. The highest BCUT2D eigenvalue weighted by atomic mass is 35.5. The van der Waals surface area contributed by atoms with Gasteiger partial charge >= 0.3 is 5.97 Å². The first-order valence-electron chi connectivity index (χ1n) is 9.65. The molecule has 170 valence electrons. The Morgan fingerprint density at radius 1 is 1.09 bits per heavy atom. The van der Waals surface area contributed by atoms with E-state index in [4.69, 9.17) is 20.3 Å². The lowest BCUT2D eigenvalue weighted by atomic mass is 10.0. The molecule has 1 heterocycles. The first-order valence-corrected chi connectivity index (χ1v) is 9.65. The number of aliphatic carboxylic acids is 1. The molecule has 0 aliphatic heterocycles. The van der Waals surface area contributed by atoms with Crippen molar-refractivity contribution in [2.75, 3.05) is 0 Å². The standard InChI is InChI=1S/C23H22F2N2O4.ClH/c1-3-20(23(28)29)31-22-19(25)11-18(24)21(27-22)30-17-8-13(2)7-16(10-17)15-6-4-5-14(9-15)12-26;/h4-11,20H,3,12,26H2,1-2H3,(H,28,29);1H/t20-;/m1./s1. The van der Waals surface area contributed by atoms with Gasteiger partial charge in [0.2, 0.25) is 0 Å². The molecule has 0 radical (unpaired) electrons. The summed E-state index contributed by atoms with van der Waals surface area (Å²) < 4.78 is 39.0. The van der Waals surface area contributed by atoms with Crippen LogP contribution in [-0.2, 0) is 11.3 Å². The van der Waals surface area contributed by atoms with Gasteiger partial charge in [0, 0.05) is 12.6 Å². The number of carbonyl (C=O) groups is 1. The highest BCUT2D eigenvalue weighted by Crippen LogP contribution is 2.32. The van der Waals surface area contributed by atoms with Crippen LogP contribution < -0.4 is 15.2 Å². The third-order valence-corrected chi connectivity index (χ3v) is 4.53. The van der Waals surface area contributed by atoms with Crippen molar-refractivity contribution >= 4 is 18.4 Å². The van der Waals surface area contributed by atoms with E-state index in [1.807, 2.05) is 37.3 Å². The zero-order valence-electron chi connectivity index (χ0n) is 17.5. The second-order valence-electron chi connectivity index (χ2n) is 6.96. The minimum absolute atomic E-state index is 0. The topological polar surface area (TPSA) is 94.7 Å². The van der Waals surface area contributed by atoms with Gasteiger partial charge in [-0.3, -0.25) is 0 Å². The van der Waals surface area contributed by atoms with Crippen molar-refractivity contribution in [3.8, 4) is 28.6 Å². The fourth-order valence-electron chi connectivity index (χ4n) is 2.99. The molecule has 0 aliphatic rings. The van der Waals surface area contributed by atoms with E-state index in [1.54, 1.807) is 19.1 Å². The molecule has 1 atom stereocenters. The number of carboxylic acid groups (broad SMARTS) is 1. The molecular formula is C23H23ClF2N2O4. The number of rotatable bonds is 8. The number of ether oxygens (including phenoxy) is 2. The Labute approximate surface area is 190 Å². The number of hydrogen-bond donors (Lipinski definition) is 2. The Kier molecular flexibility index (Phi) is 8.51. The van der Waals surface area contributed by atoms with Gasteiger partial charge in [0.1, 0.15) is 5.75 Å². The van der Waals surface area contributed by atoms with E-state index >= 15 is 0 Å². The Morgan fingerprint density at radius 2 is 1.81 bits per heavy atom. The first-order chi connectivity index (χ1) is 14.8. The first kappa shape index (κ1) is 25.0. The minimum atomic E-state index is -1.32. The molecule has 32 heavy (non-hydrogen) atoms. The number of nitrogens with zero attached hydrogens (tertiary/aromatic N) is 1. The highest BCUT2D eigenvalue weighted by molar-refractivity contribution is 5.85. The molecule has 0 amide bonds. The molecule has 0 unspecified atom stereocenters. The van der Waals surface area contributed by atoms with E-state index in [-0.39, 0.29) is 24.6 Å². The van der Waals surface area contributed by atoms with Crippen LogP contribution in [0.4, 0.5) is 8.78 Å². The molecule has 3 rings (SSSR count). The van der Waals surface area contributed by atoms with E-state index in [1.165, 1.54) is 0 Å². The van der Waals surface area contributed by atoms with Gasteiger partial charge in [-0.2, -0.15) is 4.98 Å². The van der Waals surface area contributed by atoms with Crippen LogP contribution in [0.5, 0.6) is 17.5 Å². The summed E-state index contributed by atoms with van der Waals surface area (Å²) >= 11 is 0. The normalized spacial score (nSPS) is 11.4. The molecule has 1 aromatic heterocycles. The lowest BCUT2D eigenvalue weighted by Gasteiger charge is -2.15. The second-order valence-corrected chi connectivity index (χ2v) is 6.96. The van der Waals surface area contributed by atoms with Gasteiger partial charge in [0.15, 0.2) is 17.7 Å². The summed E-state index contributed by atoms with van der Waals surface area (Å²) in [6.07, 6.45) is -1.24. The number of aryl methyl sites for hydroxylation is 1. The average molecular weight is 465 g/mol. The molecule has 9 heteroatoms. The van der Waals surface area contributed by atoms with Crippen molar-refractivity contribution in [2.24, 2.45) is 5.73 Å². The Balaban J connectivity index is 0.00000363. The second kappa shape index (κ2) is 10.9. The summed E-state index contributed by atoms with van der Waals surface area (Å²) in [7, 11) is 0. The van der Waals surface area contributed by atoms with Gasteiger partial charge in [0.05, 0.1) is 0 Å². The quantitative estimate of drug-likeness (QED) is 0.472. The maximum absolute atomic E-state index is 14.3. The van der Waals surface area contributed by atoms with Crippen LogP contribution in [0.15, 0.2) is 48.5 Å². The summed E-state index contributed by atoms with van der Waals surface area (Å²) in [5.74, 6) is -4.33. The molecule has 6 nitrogen and oxygen atoms in total. The molecule has 0 fully saturated rings. The van der Waals surface area contributed by atoms with Crippen LogP contribution in [0.2, 0.25) is 0 Å². The molecule has 3 N–H and O–H groups in total. The highest BCUT2D eigenvalue weighted by Gasteiger charge is 2.22. The molecule has 0 spiro atoms. The van der Waals surface area contributed by atoms with Crippen LogP contribution in [-0.4, -0.2) is 22.2 Å². The minimum Gasteiger partial charge on any atom is -0.479 e. The predicted octanol–water partition coefficient (Wildman–Crippen LogP) is 5.25. The number of carboxylic acids is 1. The van der Waals surface area contributed by atoms with Crippen LogP contribution in [0, 0.1) is 18.6 Å². The smallest absolute Gasteiger partial charge is 0.344 e. The molecule has 3 aromatic rings. The largest absolute Gasteiger partial charge is 0.479 e. The molecule has 0 bridgehead atoms. The van der Waals surface area contributed by atoms with Crippen molar-refractivity contribution in [1.29, 1.82) is 0 Å². The maximum Gasteiger partial charge on any atom is 0.344 e. The van der Waals surface area contributed by atoms with Gasteiger partial charge in [-0.15, -0.1) is 12.4 Å². The lowest BCUT2D eigenvalue weighted by molar-refractivity contribution is -0.145. The van der Waals surface area contributed by atoms with E-state index in [2.05, 4.69) is 4.98 Å². The fourth-order valence-corrected chi connectivity index (χ4v) is 2.99. The number of nitrogens with two attached hydrogens (primary N) is 1. The Morgan fingerprint density at radius 3 is 2.47 bits per heavy atom. The number of hydrogen-bond acceptors (Lipinski definition) is 5. The number of halogens is 3. The van der Waals surface area contributed by atoms with Gasteiger partial charge in [-0.05, 0) is 53.8 Å². The van der Waals surface area contributed by atoms with E-state index < -0.39 is 35.5 Å². The Hall–Kier alpha value is -3.23. The van der Waals surface area contributed by atoms with E-state index in [0.717, 1.165) is 22.3 Å². The van der Waals surface area contributed by atoms with Crippen molar-refractivity contribution in [3.05, 3.63) is 71.3 Å². The monoisotopic (exact) mass is 464 g/mol. The third kappa shape index (κ3) is 5.93. The average Bonchev–Trinajstić information content (AvgIpc) is 2.74. The molecule has 0 saturated carbocycles. The van der Waals surface area contributed by atoms with E-state index in [0.29, 0.717) is 12.6 Å². The van der Waals surface area contributed by atoms with E-state index in [9.17, 15) is 13.6 Å². The number of pyridine rings is 1. The van der Waals surface area contributed by atoms with Crippen LogP contribution >= 0.6 is 12.4 Å². The predicted molar refractivity (Wildman–Crippen MR) is 118 cm³/mol. The Bertz CT molecular complexity index is 1110. The molecule has 2 aromatic carbocycles. The zero-order chi connectivity index (χ0) is 22.5. The van der Waals surface area contributed by atoms with Crippen molar-refractivity contribution in [2.45, 2.75) is 32.9 Å². The van der Waals surface area contributed by atoms with Crippen molar-refractivity contribution in [3.63, 3.8) is 0 Å². The number of aromatic nitrogens is 1. The molecule has 0 saturated heterocycles. The van der Waals surface area contributed by atoms with Crippen molar-refractivity contribution < 1.29 is 28.2 Å². The number of benzene rings is 2.